The molecule has 1 saturated heterocycles. The first-order valence-electron chi connectivity index (χ1n) is 9.58. The second-order valence-corrected chi connectivity index (χ2v) is 7.65. The van der Waals surface area contributed by atoms with E-state index in [9.17, 15) is 14.4 Å². The van der Waals surface area contributed by atoms with Crippen molar-refractivity contribution in [3.8, 4) is 0 Å². The van der Waals surface area contributed by atoms with E-state index in [0.29, 0.717) is 25.9 Å². The van der Waals surface area contributed by atoms with Gasteiger partial charge in [-0.3, -0.25) is 14.5 Å². The Morgan fingerprint density at radius 2 is 1.73 bits per heavy atom. The van der Waals surface area contributed by atoms with Gasteiger partial charge in [-0.05, 0) is 30.4 Å². The third kappa shape index (κ3) is 2.97. The lowest BCUT2D eigenvalue weighted by Crippen LogP contribution is -2.48. The van der Waals surface area contributed by atoms with Crippen LogP contribution in [0.15, 0.2) is 24.3 Å². The predicted octanol–water partition coefficient (Wildman–Crippen LogP) is 2.22. The molecule has 26 heavy (non-hydrogen) atoms. The minimum absolute atomic E-state index is 0.158. The van der Waals surface area contributed by atoms with Crippen LogP contribution >= 0.6 is 0 Å². The Morgan fingerprint density at radius 1 is 1.04 bits per heavy atom. The molecule has 1 N–H and O–H groups in total. The van der Waals surface area contributed by atoms with Crippen molar-refractivity contribution in [2.24, 2.45) is 0 Å². The Labute approximate surface area is 153 Å². The fourth-order valence-corrected chi connectivity index (χ4v) is 4.43. The number of amides is 4. The molecule has 1 saturated carbocycles. The van der Waals surface area contributed by atoms with Crippen molar-refractivity contribution in [2.75, 3.05) is 13.1 Å². The van der Waals surface area contributed by atoms with Crippen LogP contribution in [0.4, 0.5) is 4.79 Å². The van der Waals surface area contributed by atoms with Crippen LogP contribution in [0.3, 0.4) is 0 Å². The second-order valence-electron chi connectivity index (χ2n) is 7.65. The Bertz CT molecular complexity index is 738. The molecule has 4 rings (SSSR count). The normalized spacial score (nSPS) is 22.2. The van der Waals surface area contributed by atoms with E-state index in [4.69, 9.17) is 0 Å². The van der Waals surface area contributed by atoms with Gasteiger partial charge in [-0.2, -0.15) is 0 Å². The van der Waals surface area contributed by atoms with E-state index in [1.807, 2.05) is 18.2 Å². The van der Waals surface area contributed by atoms with Gasteiger partial charge in [0.25, 0.3) is 5.91 Å². The number of fused-ring (bicyclic) bond motifs is 1. The van der Waals surface area contributed by atoms with Gasteiger partial charge in [-0.25, -0.2) is 4.79 Å². The number of hydrogen-bond donors (Lipinski definition) is 1. The molecule has 0 bridgehead atoms. The highest BCUT2D eigenvalue weighted by Gasteiger charge is 2.51. The van der Waals surface area contributed by atoms with E-state index in [2.05, 4.69) is 11.4 Å². The maximum Gasteiger partial charge on any atom is 0.325 e. The van der Waals surface area contributed by atoms with E-state index in [1.54, 1.807) is 4.90 Å². The molecule has 4 amide bonds. The van der Waals surface area contributed by atoms with E-state index < -0.39 is 11.6 Å². The largest absolute Gasteiger partial charge is 0.336 e. The first-order chi connectivity index (χ1) is 12.6. The summed E-state index contributed by atoms with van der Waals surface area (Å²) in [6, 6.07) is 7.69. The van der Waals surface area contributed by atoms with Crippen LogP contribution in [0.1, 0.15) is 49.7 Å². The smallest absolute Gasteiger partial charge is 0.325 e. The molecule has 0 unspecified atom stereocenters. The summed E-state index contributed by atoms with van der Waals surface area (Å²) in [4.78, 5) is 41.0. The first-order valence-corrected chi connectivity index (χ1v) is 9.58. The Hall–Kier alpha value is -2.37. The number of rotatable bonds is 2. The molecule has 138 valence electrons. The van der Waals surface area contributed by atoms with Gasteiger partial charge in [0.2, 0.25) is 5.91 Å². The highest BCUT2D eigenvalue weighted by molar-refractivity contribution is 6.09. The van der Waals surface area contributed by atoms with E-state index in [-0.39, 0.29) is 18.4 Å². The van der Waals surface area contributed by atoms with Crippen molar-refractivity contribution in [1.29, 1.82) is 0 Å². The van der Waals surface area contributed by atoms with Crippen LogP contribution in [-0.2, 0) is 22.6 Å². The molecule has 0 aromatic heterocycles. The molecular weight excluding hydrogens is 330 g/mol. The monoisotopic (exact) mass is 355 g/mol. The zero-order chi connectivity index (χ0) is 18.1. The molecule has 2 fully saturated rings. The summed E-state index contributed by atoms with van der Waals surface area (Å²) in [5.41, 5.74) is 1.64. The average Bonchev–Trinajstić information content (AvgIpc) is 2.83. The molecule has 1 aromatic rings. The van der Waals surface area contributed by atoms with Crippen molar-refractivity contribution < 1.29 is 14.4 Å². The number of nitrogens with one attached hydrogen (secondary N) is 1. The lowest BCUT2D eigenvalue weighted by molar-refractivity contribution is -0.139. The molecule has 6 nitrogen and oxygen atoms in total. The predicted molar refractivity (Wildman–Crippen MR) is 96.2 cm³/mol. The van der Waals surface area contributed by atoms with Crippen molar-refractivity contribution >= 4 is 17.8 Å². The number of benzene rings is 1. The topological polar surface area (TPSA) is 69.7 Å². The second kappa shape index (κ2) is 6.74. The Balaban J connectivity index is 1.45. The third-order valence-electron chi connectivity index (χ3n) is 5.98. The lowest BCUT2D eigenvalue weighted by Gasteiger charge is -2.30. The number of carbonyl (C=O) groups is 3. The maximum atomic E-state index is 12.9. The lowest BCUT2D eigenvalue weighted by atomic mass is 9.90. The van der Waals surface area contributed by atoms with Gasteiger partial charge < -0.3 is 10.2 Å². The fraction of sp³-hybridized carbons (Fsp3) is 0.550. The Morgan fingerprint density at radius 3 is 2.46 bits per heavy atom. The van der Waals surface area contributed by atoms with Gasteiger partial charge >= 0.3 is 6.03 Å². The van der Waals surface area contributed by atoms with Crippen molar-refractivity contribution in [1.82, 2.24) is 15.1 Å². The van der Waals surface area contributed by atoms with Crippen LogP contribution in [0, 0.1) is 0 Å². The molecule has 2 heterocycles. The molecule has 6 heteroatoms. The van der Waals surface area contributed by atoms with Gasteiger partial charge in [0, 0.05) is 13.1 Å². The standard InChI is InChI=1S/C20H25N3O3/c24-17(22-12-9-15-7-3-4-8-16(15)13-22)14-23-18(25)20(21-19(23)26)10-5-1-2-6-11-20/h3-4,7-8H,1-2,5-6,9-14H2,(H,21,26). The van der Waals surface area contributed by atoms with Crippen molar-refractivity contribution in [3.05, 3.63) is 35.4 Å². The summed E-state index contributed by atoms with van der Waals surface area (Å²) in [5.74, 6) is -0.371. The third-order valence-corrected chi connectivity index (χ3v) is 5.98. The van der Waals surface area contributed by atoms with Gasteiger partial charge in [0.15, 0.2) is 0 Å². The summed E-state index contributed by atoms with van der Waals surface area (Å²) in [6.07, 6.45) is 6.24. The quantitative estimate of drug-likeness (QED) is 0.827. The zero-order valence-electron chi connectivity index (χ0n) is 15.0. The molecule has 0 radical (unpaired) electrons. The number of imide groups is 1. The highest BCUT2D eigenvalue weighted by atomic mass is 16.2. The number of urea groups is 1. The van der Waals surface area contributed by atoms with Crippen LogP contribution in [-0.4, -0.2) is 46.3 Å². The Kier molecular flexibility index (Phi) is 4.42. The highest BCUT2D eigenvalue weighted by Crippen LogP contribution is 2.32. The maximum absolute atomic E-state index is 12.9. The number of nitrogens with zero attached hydrogens (tertiary/aromatic N) is 2. The van der Waals surface area contributed by atoms with Crippen molar-refractivity contribution in [3.63, 3.8) is 0 Å². The molecule has 1 aliphatic carbocycles. The number of hydrogen-bond acceptors (Lipinski definition) is 3. The van der Waals surface area contributed by atoms with Crippen molar-refractivity contribution in [2.45, 2.75) is 57.0 Å². The van der Waals surface area contributed by atoms with Crippen LogP contribution < -0.4 is 5.32 Å². The van der Waals surface area contributed by atoms with E-state index in [0.717, 1.165) is 42.6 Å². The van der Waals surface area contributed by atoms with Gasteiger partial charge in [0.1, 0.15) is 12.1 Å². The summed E-state index contributed by atoms with van der Waals surface area (Å²) in [5, 5.41) is 2.90. The summed E-state index contributed by atoms with van der Waals surface area (Å²) in [6.45, 7) is 1.02. The van der Waals surface area contributed by atoms with E-state index >= 15 is 0 Å². The van der Waals surface area contributed by atoms with Gasteiger partial charge in [-0.1, -0.05) is 49.9 Å². The van der Waals surface area contributed by atoms with Gasteiger partial charge in [0.05, 0.1) is 0 Å². The SMILES string of the molecule is O=C(CN1C(=O)NC2(CCCCCC2)C1=O)N1CCc2ccccc2C1. The zero-order valence-corrected chi connectivity index (χ0v) is 15.0. The fourth-order valence-electron chi connectivity index (χ4n) is 4.43. The minimum atomic E-state index is -0.775. The first kappa shape index (κ1) is 17.1. The van der Waals surface area contributed by atoms with Crippen LogP contribution in [0.5, 0.6) is 0 Å². The molecular formula is C20H25N3O3. The minimum Gasteiger partial charge on any atom is -0.336 e. The van der Waals surface area contributed by atoms with E-state index in [1.165, 1.54) is 5.56 Å². The number of carbonyl (C=O) groups excluding carboxylic acids is 3. The molecule has 3 aliphatic rings. The van der Waals surface area contributed by atoms with Crippen LogP contribution in [0.25, 0.3) is 0 Å². The average molecular weight is 355 g/mol. The van der Waals surface area contributed by atoms with Crippen LogP contribution in [0.2, 0.25) is 0 Å². The molecule has 1 spiro atoms. The summed E-state index contributed by atoms with van der Waals surface area (Å²) >= 11 is 0. The molecule has 1 aromatic carbocycles. The molecule has 2 aliphatic heterocycles. The molecule has 0 atom stereocenters. The summed E-state index contributed by atoms with van der Waals surface area (Å²) in [7, 11) is 0. The van der Waals surface area contributed by atoms with Gasteiger partial charge in [-0.15, -0.1) is 0 Å². The summed E-state index contributed by atoms with van der Waals surface area (Å²) < 4.78 is 0.